The van der Waals surface area contributed by atoms with Crippen LogP contribution in [0.15, 0.2) is 59.7 Å². The molecule has 1 atom stereocenters. The first-order valence-electron chi connectivity index (χ1n) is 9.63. The Kier molecular flexibility index (Phi) is 4.45. The van der Waals surface area contributed by atoms with Crippen LogP contribution in [0.5, 0.6) is 0 Å². The molecule has 2 aromatic carbocycles. The molecule has 144 valence electrons. The van der Waals surface area contributed by atoms with Gasteiger partial charge in [0.05, 0.1) is 11.1 Å². The third-order valence-electron chi connectivity index (χ3n) is 5.33. The smallest absolute Gasteiger partial charge is 0.219 e. The van der Waals surface area contributed by atoms with Gasteiger partial charge in [0.25, 0.3) is 0 Å². The molecule has 0 N–H and O–H groups in total. The summed E-state index contributed by atoms with van der Waals surface area (Å²) in [5, 5.41) is 0.789. The molecule has 0 fully saturated rings. The second-order valence-electron chi connectivity index (χ2n) is 8.55. The highest BCUT2D eigenvalue weighted by Crippen LogP contribution is 2.36. The van der Waals surface area contributed by atoms with Crippen LogP contribution in [-0.2, 0) is 11.2 Å². The van der Waals surface area contributed by atoms with Gasteiger partial charge >= 0.3 is 0 Å². The highest BCUT2D eigenvalue weighted by atomic mass is 19.1. The maximum atomic E-state index is 14.1. The fourth-order valence-electron chi connectivity index (χ4n) is 4.31. The number of pyridine rings is 1. The van der Waals surface area contributed by atoms with Gasteiger partial charge in [0, 0.05) is 18.0 Å². The number of nitrogens with zero attached hydrogens (tertiary/aromatic N) is 2. The third-order valence-corrected chi connectivity index (χ3v) is 5.33. The molecule has 1 unspecified atom stereocenters. The first kappa shape index (κ1) is 18.6. The number of hydrogen-bond acceptors (Lipinski definition) is 3. The molecule has 4 heteroatoms. The highest BCUT2D eigenvalue weighted by Gasteiger charge is 2.40. The Hall–Kier alpha value is -2.75. The maximum Gasteiger partial charge on any atom is 0.219 e. The van der Waals surface area contributed by atoms with Crippen LogP contribution < -0.4 is 0 Å². The molecule has 1 aliphatic rings. The Morgan fingerprint density at radius 1 is 1.04 bits per heavy atom. The summed E-state index contributed by atoms with van der Waals surface area (Å²) in [6.07, 6.45) is 3.33. The van der Waals surface area contributed by atoms with E-state index in [0.29, 0.717) is 11.4 Å². The number of benzene rings is 2. The van der Waals surface area contributed by atoms with Crippen molar-refractivity contribution in [3.05, 3.63) is 77.2 Å². The lowest BCUT2D eigenvalue weighted by molar-refractivity contribution is 0.0430. The fourth-order valence-corrected chi connectivity index (χ4v) is 4.31. The Labute approximate surface area is 165 Å². The van der Waals surface area contributed by atoms with Crippen molar-refractivity contribution in [3.63, 3.8) is 0 Å². The van der Waals surface area contributed by atoms with Gasteiger partial charge in [-0.1, -0.05) is 42.5 Å². The summed E-state index contributed by atoms with van der Waals surface area (Å²) in [4.78, 5) is 9.39. The standard InChI is InChI=1S/C24H25FN2O/c1-16-18-11-8-12-20(25)21(18)26-14-19(16)22-27-24(4,15-23(2,3)28-22)13-17-9-6-5-7-10-17/h5-12,14H,13,15H2,1-4H3. The number of aryl methyl sites for hydroxylation is 1. The molecule has 4 rings (SSSR count). The van der Waals surface area contributed by atoms with Gasteiger partial charge in [-0.2, -0.15) is 0 Å². The van der Waals surface area contributed by atoms with E-state index in [-0.39, 0.29) is 17.0 Å². The molecule has 3 nitrogen and oxygen atoms in total. The molecule has 1 aromatic heterocycles. The first-order valence-corrected chi connectivity index (χ1v) is 9.63. The zero-order chi connectivity index (χ0) is 19.9. The third kappa shape index (κ3) is 3.51. The van der Waals surface area contributed by atoms with E-state index >= 15 is 0 Å². The predicted octanol–water partition coefficient (Wildman–Crippen LogP) is 5.63. The van der Waals surface area contributed by atoms with Gasteiger partial charge in [-0.3, -0.25) is 4.98 Å². The zero-order valence-electron chi connectivity index (χ0n) is 16.8. The van der Waals surface area contributed by atoms with E-state index in [9.17, 15) is 4.39 Å². The first-order chi connectivity index (χ1) is 13.3. The van der Waals surface area contributed by atoms with Crippen molar-refractivity contribution in [3.8, 4) is 0 Å². The van der Waals surface area contributed by atoms with E-state index in [4.69, 9.17) is 9.73 Å². The molecule has 28 heavy (non-hydrogen) atoms. The quantitative estimate of drug-likeness (QED) is 0.594. The average Bonchev–Trinajstić information content (AvgIpc) is 2.61. The second kappa shape index (κ2) is 6.69. The molecule has 0 aliphatic carbocycles. The van der Waals surface area contributed by atoms with E-state index < -0.39 is 0 Å². The van der Waals surface area contributed by atoms with Crippen molar-refractivity contribution in [1.29, 1.82) is 0 Å². The minimum Gasteiger partial charge on any atom is -0.471 e. The summed E-state index contributed by atoms with van der Waals surface area (Å²) in [5.41, 5.74) is 2.74. The molecule has 0 saturated heterocycles. The monoisotopic (exact) mass is 376 g/mol. The minimum absolute atomic E-state index is 0.290. The number of ether oxygens (including phenoxy) is 1. The van der Waals surface area contributed by atoms with Gasteiger partial charge in [-0.15, -0.1) is 0 Å². The van der Waals surface area contributed by atoms with Crippen molar-refractivity contribution >= 4 is 16.8 Å². The highest BCUT2D eigenvalue weighted by molar-refractivity contribution is 6.00. The van der Waals surface area contributed by atoms with Crippen LogP contribution in [-0.4, -0.2) is 22.0 Å². The number of rotatable bonds is 3. The van der Waals surface area contributed by atoms with Crippen LogP contribution in [0.3, 0.4) is 0 Å². The van der Waals surface area contributed by atoms with Crippen LogP contribution in [0.1, 0.15) is 43.9 Å². The average molecular weight is 376 g/mol. The minimum atomic E-state index is -0.357. The summed E-state index contributed by atoms with van der Waals surface area (Å²) in [6.45, 7) is 8.33. The molecule has 0 spiro atoms. The lowest BCUT2D eigenvalue weighted by Crippen LogP contribution is -2.45. The summed E-state index contributed by atoms with van der Waals surface area (Å²) in [5.74, 6) is 0.277. The molecule has 2 heterocycles. The number of hydrogen-bond donors (Lipinski definition) is 0. The fraction of sp³-hybridized carbons (Fsp3) is 0.333. The Morgan fingerprint density at radius 3 is 2.54 bits per heavy atom. The normalized spacial score (nSPS) is 21.2. The van der Waals surface area contributed by atoms with Gasteiger partial charge in [-0.05, 0) is 51.3 Å². The Balaban J connectivity index is 1.80. The van der Waals surface area contributed by atoms with Gasteiger partial charge in [0.2, 0.25) is 5.90 Å². The number of para-hydroxylation sites is 1. The summed E-state index contributed by atoms with van der Waals surface area (Å²) in [6, 6.07) is 15.4. The topological polar surface area (TPSA) is 34.5 Å². The lowest BCUT2D eigenvalue weighted by atomic mass is 9.82. The van der Waals surface area contributed by atoms with E-state index in [1.165, 1.54) is 11.6 Å². The molecular formula is C24H25FN2O. The van der Waals surface area contributed by atoms with E-state index in [1.807, 2.05) is 19.1 Å². The van der Waals surface area contributed by atoms with Crippen LogP contribution in [0.2, 0.25) is 0 Å². The van der Waals surface area contributed by atoms with Crippen LogP contribution in [0, 0.1) is 12.7 Å². The summed E-state index contributed by atoms with van der Waals surface area (Å²) >= 11 is 0. The number of aromatic nitrogens is 1. The number of fused-ring (bicyclic) bond motifs is 1. The molecule has 0 radical (unpaired) electrons. The predicted molar refractivity (Wildman–Crippen MR) is 111 cm³/mol. The van der Waals surface area contributed by atoms with Gasteiger partial charge in [0.1, 0.15) is 16.9 Å². The molecule has 3 aromatic rings. The van der Waals surface area contributed by atoms with Crippen molar-refractivity contribution in [2.75, 3.05) is 0 Å². The van der Waals surface area contributed by atoms with Crippen LogP contribution in [0.25, 0.3) is 10.9 Å². The number of aliphatic imine (C=N–C) groups is 1. The Bertz CT molecular complexity index is 1060. The molecular weight excluding hydrogens is 351 g/mol. The Morgan fingerprint density at radius 2 is 1.79 bits per heavy atom. The molecule has 0 bridgehead atoms. The molecule has 0 amide bonds. The summed E-state index contributed by atoms with van der Waals surface area (Å²) in [7, 11) is 0. The van der Waals surface area contributed by atoms with Gasteiger partial charge < -0.3 is 4.74 Å². The van der Waals surface area contributed by atoms with Crippen LogP contribution >= 0.6 is 0 Å². The van der Waals surface area contributed by atoms with Crippen molar-refractivity contribution < 1.29 is 9.13 Å². The largest absolute Gasteiger partial charge is 0.471 e. The molecule has 1 aliphatic heterocycles. The SMILES string of the molecule is Cc1c(C2=NC(C)(Cc3ccccc3)CC(C)(C)O2)cnc2c(F)cccc12. The summed E-state index contributed by atoms with van der Waals surface area (Å²) < 4.78 is 20.4. The lowest BCUT2D eigenvalue weighted by Gasteiger charge is -2.41. The van der Waals surface area contributed by atoms with Gasteiger partial charge in [0.15, 0.2) is 0 Å². The van der Waals surface area contributed by atoms with E-state index in [1.54, 1.807) is 12.3 Å². The van der Waals surface area contributed by atoms with Crippen LogP contribution in [0.4, 0.5) is 4.39 Å². The van der Waals surface area contributed by atoms with Crippen molar-refractivity contribution in [1.82, 2.24) is 4.98 Å². The molecule has 0 saturated carbocycles. The van der Waals surface area contributed by atoms with E-state index in [0.717, 1.165) is 29.4 Å². The maximum absolute atomic E-state index is 14.1. The van der Waals surface area contributed by atoms with E-state index in [2.05, 4.69) is 50.0 Å². The zero-order valence-corrected chi connectivity index (χ0v) is 16.8. The van der Waals surface area contributed by atoms with Crippen molar-refractivity contribution in [2.45, 2.75) is 51.7 Å². The van der Waals surface area contributed by atoms with Crippen molar-refractivity contribution in [2.24, 2.45) is 4.99 Å². The second-order valence-corrected chi connectivity index (χ2v) is 8.55. The number of halogens is 1. The van der Waals surface area contributed by atoms with Gasteiger partial charge in [-0.25, -0.2) is 9.38 Å².